The van der Waals surface area contributed by atoms with Crippen molar-refractivity contribution in [3.8, 4) is 0 Å². The Morgan fingerprint density at radius 3 is 2.57 bits per heavy atom. The first-order chi connectivity index (χ1) is 6.56. The van der Waals surface area contributed by atoms with E-state index < -0.39 is 0 Å². The fraction of sp³-hybridized carbons (Fsp3) is 0.800. The van der Waals surface area contributed by atoms with Crippen LogP contribution >= 0.6 is 0 Å². The molecule has 14 heavy (non-hydrogen) atoms. The fourth-order valence-corrected chi connectivity index (χ4v) is 1.10. The van der Waals surface area contributed by atoms with Gasteiger partial charge in [-0.15, -0.1) is 0 Å². The Kier molecular flexibility index (Phi) is 6.80. The molecule has 0 rings (SSSR count). The minimum Gasteiger partial charge on any atom is -0.466 e. The fourth-order valence-electron chi connectivity index (χ4n) is 1.10. The van der Waals surface area contributed by atoms with Gasteiger partial charge >= 0.3 is 5.97 Å². The number of carbonyl (C=O) groups is 2. The molecule has 0 bridgehead atoms. The molecule has 0 aromatic carbocycles. The third kappa shape index (κ3) is 7.58. The summed E-state index contributed by atoms with van der Waals surface area (Å²) in [5.74, 6) is 0.0528. The van der Waals surface area contributed by atoms with Crippen molar-refractivity contribution in [2.24, 2.45) is 5.92 Å². The summed E-state index contributed by atoms with van der Waals surface area (Å²) in [5.41, 5.74) is 0. The predicted octanol–water partition coefficient (Wildman–Crippen LogP) is 1.10. The van der Waals surface area contributed by atoms with E-state index in [0.29, 0.717) is 19.6 Å². The van der Waals surface area contributed by atoms with Crippen LogP contribution in [0, 0.1) is 5.92 Å². The molecule has 1 unspecified atom stereocenters. The molecule has 0 aromatic heterocycles. The Balaban J connectivity index is 3.49. The van der Waals surface area contributed by atoms with Crippen molar-refractivity contribution in [3.63, 3.8) is 0 Å². The molecule has 0 aliphatic heterocycles. The summed E-state index contributed by atoms with van der Waals surface area (Å²) >= 11 is 0. The third-order valence-electron chi connectivity index (χ3n) is 1.83. The van der Waals surface area contributed by atoms with Crippen LogP contribution in [-0.4, -0.2) is 25.0 Å². The van der Waals surface area contributed by atoms with Gasteiger partial charge < -0.3 is 10.1 Å². The predicted molar refractivity (Wildman–Crippen MR) is 53.7 cm³/mol. The van der Waals surface area contributed by atoms with Gasteiger partial charge in [0.2, 0.25) is 5.91 Å². The SMILES string of the molecule is CCOC(=O)CC(C)CCNC(C)=O. The van der Waals surface area contributed by atoms with Crippen LogP contribution in [0.4, 0.5) is 0 Å². The summed E-state index contributed by atoms with van der Waals surface area (Å²) in [6.07, 6.45) is 1.23. The molecule has 0 radical (unpaired) electrons. The van der Waals surface area contributed by atoms with Crippen molar-refractivity contribution in [1.29, 1.82) is 0 Å². The van der Waals surface area contributed by atoms with E-state index in [2.05, 4.69) is 5.32 Å². The number of carbonyl (C=O) groups excluding carboxylic acids is 2. The Bertz CT molecular complexity index is 192. The molecular weight excluding hydrogens is 182 g/mol. The number of hydrogen-bond acceptors (Lipinski definition) is 3. The Morgan fingerprint density at radius 2 is 2.07 bits per heavy atom. The van der Waals surface area contributed by atoms with Crippen molar-refractivity contribution in [1.82, 2.24) is 5.32 Å². The molecule has 0 heterocycles. The van der Waals surface area contributed by atoms with Crippen LogP contribution in [0.25, 0.3) is 0 Å². The third-order valence-corrected chi connectivity index (χ3v) is 1.83. The minimum atomic E-state index is -0.164. The van der Waals surface area contributed by atoms with Crippen molar-refractivity contribution < 1.29 is 14.3 Å². The number of rotatable bonds is 6. The zero-order valence-corrected chi connectivity index (χ0v) is 9.13. The smallest absolute Gasteiger partial charge is 0.306 e. The zero-order chi connectivity index (χ0) is 11.0. The lowest BCUT2D eigenvalue weighted by Crippen LogP contribution is -2.23. The summed E-state index contributed by atoms with van der Waals surface area (Å²) in [6, 6.07) is 0. The second kappa shape index (κ2) is 7.35. The molecule has 0 aromatic rings. The number of ether oxygens (including phenoxy) is 1. The lowest BCUT2D eigenvalue weighted by Gasteiger charge is -2.10. The van der Waals surface area contributed by atoms with E-state index in [9.17, 15) is 9.59 Å². The molecule has 0 aliphatic rings. The molecule has 0 saturated carbocycles. The Hall–Kier alpha value is -1.06. The average Bonchev–Trinajstić information content (AvgIpc) is 2.03. The maximum atomic E-state index is 11.0. The standard InChI is InChI=1S/C10H19NO3/c1-4-14-10(13)7-8(2)5-6-11-9(3)12/h8H,4-7H2,1-3H3,(H,11,12). The second-order valence-electron chi connectivity index (χ2n) is 3.39. The summed E-state index contributed by atoms with van der Waals surface area (Å²) < 4.78 is 4.81. The Morgan fingerprint density at radius 1 is 1.43 bits per heavy atom. The van der Waals surface area contributed by atoms with Gasteiger partial charge in [-0.05, 0) is 19.3 Å². The molecule has 0 aliphatic carbocycles. The largest absolute Gasteiger partial charge is 0.466 e. The highest BCUT2D eigenvalue weighted by Gasteiger charge is 2.09. The first-order valence-corrected chi connectivity index (χ1v) is 4.96. The minimum absolute atomic E-state index is 0.0339. The van der Waals surface area contributed by atoms with E-state index in [1.807, 2.05) is 6.92 Å². The first-order valence-electron chi connectivity index (χ1n) is 4.96. The van der Waals surface area contributed by atoms with Crippen LogP contribution in [0.15, 0.2) is 0 Å². The van der Waals surface area contributed by atoms with Gasteiger partial charge in [-0.1, -0.05) is 6.92 Å². The van der Waals surface area contributed by atoms with E-state index in [-0.39, 0.29) is 17.8 Å². The Labute approximate surface area is 85.0 Å². The van der Waals surface area contributed by atoms with E-state index in [4.69, 9.17) is 4.74 Å². The van der Waals surface area contributed by atoms with Gasteiger partial charge in [0.1, 0.15) is 0 Å². The summed E-state index contributed by atoms with van der Waals surface area (Å²) in [7, 11) is 0. The highest BCUT2D eigenvalue weighted by molar-refractivity contribution is 5.72. The van der Waals surface area contributed by atoms with Gasteiger partial charge in [-0.3, -0.25) is 9.59 Å². The van der Waals surface area contributed by atoms with E-state index in [1.165, 1.54) is 6.92 Å². The van der Waals surface area contributed by atoms with Gasteiger partial charge in [0.05, 0.1) is 6.61 Å². The number of esters is 1. The zero-order valence-electron chi connectivity index (χ0n) is 9.13. The van der Waals surface area contributed by atoms with E-state index in [1.54, 1.807) is 6.92 Å². The van der Waals surface area contributed by atoms with Gasteiger partial charge in [0.15, 0.2) is 0 Å². The van der Waals surface area contributed by atoms with Crippen LogP contribution < -0.4 is 5.32 Å². The molecule has 1 amide bonds. The molecule has 0 saturated heterocycles. The van der Waals surface area contributed by atoms with Crippen LogP contribution in [0.1, 0.15) is 33.6 Å². The quantitative estimate of drug-likeness (QED) is 0.655. The number of nitrogens with one attached hydrogen (secondary N) is 1. The maximum absolute atomic E-state index is 11.0. The number of hydrogen-bond donors (Lipinski definition) is 1. The van der Waals surface area contributed by atoms with Crippen LogP contribution in [0.5, 0.6) is 0 Å². The van der Waals surface area contributed by atoms with Crippen LogP contribution in [-0.2, 0) is 14.3 Å². The summed E-state index contributed by atoms with van der Waals surface area (Å²) in [5, 5.41) is 2.69. The van der Waals surface area contributed by atoms with Gasteiger partial charge in [-0.25, -0.2) is 0 Å². The van der Waals surface area contributed by atoms with Crippen molar-refractivity contribution in [2.75, 3.05) is 13.2 Å². The van der Waals surface area contributed by atoms with Crippen molar-refractivity contribution >= 4 is 11.9 Å². The maximum Gasteiger partial charge on any atom is 0.306 e. The molecule has 0 spiro atoms. The van der Waals surface area contributed by atoms with Gasteiger partial charge in [-0.2, -0.15) is 0 Å². The summed E-state index contributed by atoms with van der Waals surface area (Å²) in [6.45, 7) is 6.29. The van der Waals surface area contributed by atoms with Crippen LogP contribution in [0.2, 0.25) is 0 Å². The lowest BCUT2D eigenvalue weighted by molar-refractivity contribution is -0.144. The second-order valence-corrected chi connectivity index (χ2v) is 3.39. The van der Waals surface area contributed by atoms with E-state index in [0.717, 1.165) is 6.42 Å². The highest BCUT2D eigenvalue weighted by Crippen LogP contribution is 2.07. The van der Waals surface area contributed by atoms with E-state index >= 15 is 0 Å². The topological polar surface area (TPSA) is 55.4 Å². The molecule has 82 valence electrons. The normalized spacial score (nSPS) is 11.9. The summed E-state index contributed by atoms with van der Waals surface area (Å²) in [4.78, 5) is 21.6. The molecule has 4 heteroatoms. The first kappa shape index (κ1) is 12.9. The monoisotopic (exact) mass is 201 g/mol. The molecule has 0 fully saturated rings. The van der Waals surface area contributed by atoms with Crippen molar-refractivity contribution in [3.05, 3.63) is 0 Å². The molecule has 4 nitrogen and oxygen atoms in total. The molecule has 1 atom stereocenters. The lowest BCUT2D eigenvalue weighted by atomic mass is 10.0. The molecule has 1 N–H and O–H groups in total. The highest BCUT2D eigenvalue weighted by atomic mass is 16.5. The van der Waals surface area contributed by atoms with Gasteiger partial charge in [0.25, 0.3) is 0 Å². The van der Waals surface area contributed by atoms with Gasteiger partial charge in [0, 0.05) is 19.9 Å². The number of amides is 1. The molecular formula is C10H19NO3. The average molecular weight is 201 g/mol. The van der Waals surface area contributed by atoms with Crippen molar-refractivity contribution in [2.45, 2.75) is 33.6 Å². The van der Waals surface area contributed by atoms with Crippen LogP contribution in [0.3, 0.4) is 0 Å².